The predicted molar refractivity (Wildman–Crippen MR) is 142 cm³/mol. The summed E-state index contributed by atoms with van der Waals surface area (Å²) >= 11 is 0. The average molecular weight is 507 g/mol. The summed E-state index contributed by atoms with van der Waals surface area (Å²) in [5.74, 6) is 0.444. The quantitative estimate of drug-likeness (QED) is 0.291. The second kappa shape index (κ2) is 10.7. The third-order valence-corrected chi connectivity index (χ3v) is 7.23. The first kappa shape index (κ1) is 25.6. The van der Waals surface area contributed by atoms with Gasteiger partial charge in [0.25, 0.3) is 10.1 Å². The van der Waals surface area contributed by atoms with Crippen molar-refractivity contribution in [2.24, 2.45) is 0 Å². The first-order valence-electron chi connectivity index (χ1n) is 11.7. The Morgan fingerprint density at radius 2 is 1.75 bits per heavy atom. The van der Waals surface area contributed by atoms with E-state index in [1.54, 1.807) is 37.3 Å². The maximum Gasteiger partial charge on any atom is 0.297 e. The normalized spacial score (nSPS) is 13.3. The van der Waals surface area contributed by atoms with Gasteiger partial charge in [0.15, 0.2) is 5.60 Å². The Morgan fingerprint density at radius 3 is 2.44 bits per heavy atom. The van der Waals surface area contributed by atoms with Crippen molar-refractivity contribution in [2.75, 3.05) is 25.6 Å². The van der Waals surface area contributed by atoms with E-state index in [2.05, 4.69) is 30.4 Å². The Bertz CT molecular complexity index is 1460. The highest BCUT2D eigenvalue weighted by molar-refractivity contribution is 7.86. The van der Waals surface area contributed by atoms with Crippen LogP contribution in [0.5, 0.6) is 5.75 Å². The van der Waals surface area contributed by atoms with Gasteiger partial charge in [0.05, 0.1) is 22.7 Å². The maximum absolute atomic E-state index is 12.5. The van der Waals surface area contributed by atoms with E-state index in [0.717, 1.165) is 28.8 Å². The fraction of sp³-hybridized carbons (Fsp3) is 0.250. The molecule has 0 fully saturated rings. The first-order valence-corrected chi connectivity index (χ1v) is 13.1. The molecule has 1 heterocycles. The number of aliphatic hydroxyl groups excluding tert-OH is 1. The number of hydrogen-bond acceptors (Lipinski definition) is 7. The van der Waals surface area contributed by atoms with Crippen LogP contribution >= 0.6 is 0 Å². The zero-order chi connectivity index (χ0) is 25.8. The van der Waals surface area contributed by atoms with Crippen LogP contribution in [0.3, 0.4) is 0 Å². The molecule has 0 aliphatic carbocycles. The molecule has 7 nitrogen and oxygen atoms in total. The van der Waals surface area contributed by atoms with Gasteiger partial charge in [0, 0.05) is 29.8 Å². The highest BCUT2D eigenvalue weighted by atomic mass is 32.2. The molecule has 36 heavy (non-hydrogen) atoms. The number of aliphatic hydroxyl groups is 1. The number of hydrogen-bond donors (Lipinski definition) is 2. The van der Waals surface area contributed by atoms with E-state index < -0.39 is 22.3 Å². The van der Waals surface area contributed by atoms with Crippen molar-refractivity contribution in [3.05, 3.63) is 84.4 Å². The minimum absolute atomic E-state index is 0.0423. The van der Waals surface area contributed by atoms with Crippen LogP contribution in [0.15, 0.2) is 83.8 Å². The minimum atomic E-state index is -3.99. The second-order valence-electron chi connectivity index (χ2n) is 8.77. The van der Waals surface area contributed by atoms with E-state index in [1.165, 1.54) is 17.7 Å². The van der Waals surface area contributed by atoms with Gasteiger partial charge < -0.3 is 15.2 Å². The highest BCUT2D eigenvalue weighted by Crippen LogP contribution is 2.31. The van der Waals surface area contributed by atoms with Crippen LogP contribution < -0.4 is 10.1 Å². The Hall–Kier alpha value is -3.46. The summed E-state index contributed by atoms with van der Waals surface area (Å²) in [5, 5.41) is 14.2. The van der Waals surface area contributed by atoms with Gasteiger partial charge in [0.1, 0.15) is 12.4 Å². The Morgan fingerprint density at radius 1 is 1.00 bits per heavy atom. The summed E-state index contributed by atoms with van der Waals surface area (Å²) in [4.78, 5) is 4.88. The molecule has 4 rings (SSSR count). The van der Waals surface area contributed by atoms with E-state index in [9.17, 15) is 13.5 Å². The molecule has 3 aromatic carbocycles. The molecule has 1 unspecified atom stereocenters. The van der Waals surface area contributed by atoms with Crippen molar-refractivity contribution in [1.82, 2.24) is 4.98 Å². The van der Waals surface area contributed by atoms with Gasteiger partial charge in [-0.3, -0.25) is 4.18 Å². The summed E-state index contributed by atoms with van der Waals surface area (Å²) in [6.07, 6.45) is 0.945. The third kappa shape index (κ3) is 5.67. The predicted octanol–water partition coefficient (Wildman–Crippen LogP) is 5.04. The summed E-state index contributed by atoms with van der Waals surface area (Å²) in [7, 11) is -2.10. The molecule has 188 valence electrons. The van der Waals surface area contributed by atoms with Gasteiger partial charge in [-0.25, -0.2) is 4.98 Å². The highest BCUT2D eigenvalue weighted by Gasteiger charge is 2.30. The zero-order valence-electron chi connectivity index (χ0n) is 20.6. The number of aryl methyl sites for hydroxylation is 1. The van der Waals surface area contributed by atoms with Gasteiger partial charge >= 0.3 is 0 Å². The smallest absolute Gasteiger partial charge is 0.297 e. The lowest BCUT2D eigenvalue weighted by atomic mass is 10.0. The van der Waals surface area contributed by atoms with Crippen molar-refractivity contribution in [3.8, 4) is 17.0 Å². The molecule has 0 radical (unpaired) electrons. The van der Waals surface area contributed by atoms with Gasteiger partial charge in [-0.1, -0.05) is 43.3 Å². The summed E-state index contributed by atoms with van der Waals surface area (Å²) in [5.41, 5.74) is 3.46. The molecule has 0 saturated heterocycles. The van der Waals surface area contributed by atoms with Crippen molar-refractivity contribution >= 4 is 26.7 Å². The lowest BCUT2D eigenvalue weighted by molar-refractivity contribution is -0.00982. The Balaban J connectivity index is 1.58. The average Bonchev–Trinajstić information content (AvgIpc) is 2.91. The number of ether oxygens (including phenoxy) is 1. The molecule has 0 bridgehead atoms. The molecular weight excluding hydrogens is 476 g/mol. The second-order valence-corrected chi connectivity index (χ2v) is 10.4. The van der Waals surface area contributed by atoms with Crippen LogP contribution in [0.1, 0.15) is 19.4 Å². The van der Waals surface area contributed by atoms with Gasteiger partial charge in [-0.05, 0) is 55.3 Å². The molecule has 8 heteroatoms. The fourth-order valence-electron chi connectivity index (χ4n) is 3.80. The van der Waals surface area contributed by atoms with Gasteiger partial charge in [-0.2, -0.15) is 8.42 Å². The standard InChI is InChI=1S/C28H30N2O5S/c1-4-20-10-14-24(27(16-20)29-3)25-15-12-21-11-13-22(17-26(21)30-25)35-28(2,18-31)19-34-36(32,33)23-8-6-5-7-9-23/h5-17,29,31H,4,18-19H2,1-3H3. The lowest BCUT2D eigenvalue weighted by Gasteiger charge is -2.28. The number of aromatic nitrogens is 1. The number of pyridine rings is 1. The van der Waals surface area contributed by atoms with Crippen LogP contribution in [0.25, 0.3) is 22.2 Å². The molecule has 0 aliphatic rings. The SMILES string of the molecule is CCc1ccc(-c2ccc3ccc(OC(C)(CO)COS(=O)(=O)c4ccccc4)cc3n2)c(NC)c1. The van der Waals surface area contributed by atoms with Crippen molar-refractivity contribution in [2.45, 2.75) is 30.8 Å². The Labute approximate surface area is 211 Å². The monoisotopic (exact) mass is 506 g/mol. The third-order valence-electron chi connectivity index (χ3n) is 5.95. The number of benzene rings is 3. The molecule has 0 amide bonds. The summed E-state index contributed by atoms with van der Waals surface area (Å²) in [6, 6.07) is 23.5. The lowest BCUT2D eigenvalue weighted by Crippen LogP contribution is -2.42. The van der Waals surface area contributed by atoms with Crippen LogP contribution in [0.2, 0.25) is 0 Å². The maximum atomic E-state index is 12.5. The van der Waals surface area contributed by atoms with Crippen molar-refractivity contribution in [1.29, 1.82) is 0 Å². The van der Waals surface area contributed by atoms with E-state index in [4.69, 9.17) is 13.9 Å². The van der Waals surface area contributed by atoms with Crippen LogP contribution in [-0.4, -0.2) is 44.4 Å². The molecule has 1 atom stereocenters. The van der Waals surface area contributed by atoms with Crippen molar-refractivity contribution in [3.63, 3.8) is 0 Å². The van der Waals surface area contributed by atoms with E-state index in [0.29, 0.717) is 11.3 Å². The van der Waals surface area contributed by atoms with Gasteiger partial charge in [0.2, 0.25) is 0 Å². The summed E-state index contributed by atoms with van der Waals surface area (Å²) < 4.78 is 36.3. The van der Waals surface area contributed by atoms with Crippen LogP contribution in [0, 0.1) is 0 Å². The zero-order valence-corrected chi connectivity index (χ0v) is 21.4. The number of nitrogens with one attached hydrogen (secondary N) is 1. The van der Waals surface area contributed by atoms with E-state index in [1.807, 2.05) is 25.2 Å². The Kier molecular flexibility index (Phi) is 7.59. The topological polar surface area (TPSA) is 97.8 Å². The number of nitrogens with zero attached hydrogens (tertiary/aromatic N) is 1. The van der Waals surface area contributed by atoms with Gasteiger partial charge in [-0.15, -0.1) is 0 Å². The van der Waals surface area contributed by atoms with E-state index in [-0.39, 0.29) is 11.5 Å². The number of anilines is 1. The largest absolute Gasteiger partial charge is 0.483 e. The molecular formula is C28H30N2O5S. The number of rotatable bonds is 10. The molecule has 1 aromatic heterocycles. The van der Waals surface area contributed by atoms with E-state index >= 15 is 0 Å². The van der Waals surface area contributed by atoms with Crippen LogP contribution in [0.4, 0.5) is 5.69 Å². The molecule has 4 aromatic rings. The number of fused-ring (bicyclic) bond motifs is 1. The fourth-order valence-corrected chi connectivity index (χ4v) is 4.83. The summed E-state index contributed by atoms with van der Waals surface area (Å²) in [6.45, 7) is 2.90. The molecule has 2 N–H and O–H groups in total. The first-order chi connectivity index (χ1) is 17.3. The van der Waals surface area contributed by atoms with Crippen molar-refractivity contribution < 1.29 is 22.4 Å². The van der Waals surface area contributed by atoms with Crippen LogP contribution in [-0.2, 0) is 20.7 Å². The molecule has 0 spiro atoms. The molecule has 0 aliphatic heterocycles. The minimum Gasteiger partial charge on any atom is -0.483 e. The molecule has 0 saturated carbocycles.